The molecule has 0 aromatic heterocycles. The first-order chi connectivity index (χ1) is 9.93. The molecule has 1 unspecified atom stereocenters. The summed E-state index contributed by atoms with van der Waals surface area (Å²) in [5.74, 6) is -2.40. The molecule has 0 radical (unpaired) electrons. The number of amides is 2. The summed E-state index contributed by atoms with van der Waals surface area (Å²) in [5.41, 5.74) is 0.561. The van der Waals surface area contributed by atoms with Crippen LogP contribution in [0, 0.1) is 11.6 Å². The molecule has 21 heavy (non-hydrogen) atoms. The lowest BCUT2D eigenvalue weighted by atomic mass is 9.94. The Labute approximate surface area is 121 Å². The molecular weight excluding hydrogens is 278 g/mol. The first-order valence-electron chi connectivity index (χ1n) is 6.56. The summed E-state index contributed by atoms with van der Waals surface area (Å²) in [6, 6.07) is 3.37. The topological polar surface area (TPSA) is 40.6 Å². The van der Waals surface area contributed by atoms with Gasteiger partial charge in [0, 0.05) is 13.6 Å². The zero-order chi connectivity index (χ0) is 15.6. The highest BCUT2D eigenvalue weighted by Crippen LogP contribution is 2.33. The highest BCUT2D eigenvalue weighted by molar-refractivity contribution is 5.90. The smallest absolute Gasteiger partial charge is 0.246 e. The van der Waals surface area contributed by atoms with Crippen molar-refractivity contribution in [3.8, 4) is 0 Å². The number of hydrogen-bond donors (Lipinski definition) is 0. The highest BCUT2D eigenvalue weighted by Gasteiger charge is 2.34. The lowest BCUT2D eigenvalue weighted by molar-refractivity contribution is -0.143. The Morgan fingerprint density at radius 1 is 1.43 bits per heavy atom. The normalized spacial score (nSPS) is 17.1. The lowest BCUT2D eigenvalue weighted by Gasteiger charge is -2.42. The van der Waals surface area contributed by atoms with Crippen molar-refractivity contribution in [1.82, 2.24) is 9.80 Å². The maximum absolute atomic E-state index is 13.2. The largest absolute Gasteiger partial charge is 0.334 e. The number of carbonyl (C=O) groups is 2. The van der Waals surface area contributed by atoms with Crippen LogP contribution in [0.2, 0.25) is 0 Å². The third kappa shape index (κ3) is 3.09. The van der Waals surface area contributed by atoms with E-state index < -0.39 is 11.6 Å². The summed E-state index contributed by atoms with van der Waals surface area (Å²) in [7, 11) is 1.51. The minimum Gasteiger partial charge on any atom is -0.334 e. The first-order valence-corrected chi connectivity index (χ1v) is 6.56. The van der Waals surface area contributed by atoms with Gasteiger partial charge < -0.3 is 9.80 Å². The number of nitrogens with zero attached hydrogens (tertiary/aromatic N) is 2. The van der Waals surface area contributed by atoms with Gasteiger partial charge in [-0.25, -0.2) is 8.78 Å². The van der Waals surface area contributed by atoms with E-state index in [-0.39, 0.29) is 24.4 Å². The highest BCUT2D eigenvalue weighted by atomic mass is 19.2. The molecule has 6 heteroatoms. The molecule has 1 fully saturated rings. The van der Waals surface area contributed by atoms with E-state index in [4.69, 9.17) is 0 Å². The van der Waals surface area contributed by atoms with Crippen molar-refractivity contribution in [1.29, 1.82) is 0 Å². The van der Waals surface area contributed by atoms with Crippen molar-refractivity contribution < 1.29 is 18.4 Å². The second-order valence-electron chi connectivity index (χ2n) is 4.96. The number of benzene rings is 1. The van der Waals surface area contributed by atoms with E-state index in [1.165, 1.54) is 18.0 Å². The van der Waals surface area contributed by atoms with Crippen LogP contribution in [0.3, 0.4) is 0 Å². The molecule has 0 spiro atoms. The van der Waals surface area contributed by atoms with Crippen LogP contribution in [0.1, 0.15) is 18.0 Å². The van der Waals surface area contributed by atoms with Crippen LogP contribution >= 0.6 is 0 Å². The molecule has 0 saturated carbocycles. The van der Waals surface area contributed by atoms with Gasteiger partial charge in [-0.05, 0) is 30.2 Å². The van der Waals surface area contributed by atoms with Crippen LogP contribution in [0.25, 0.3) is 0 Å². The predicted octanol–water partition coefficient (Wildman–Crippen LogP) is 1.88. The van der Waals surface area contributed by atoms with Gasteiger partial charge >= 0.3 is 0 Å². The molecule has 2 amide bonds. The van der Waals surface area contributed by atoms with Crippen molar-refractivity contribution >= 4 is 11.8 Å². The molecule has 0 aliphatic carbocycles. The Kier molecular flexibility index (Phi) is 4.35. The third-order valence-corrected chi connectivity index (χ3v) is 3.59. The number of rotatable bonds is 4. The average molecular weight is 294 g/mol. The minimum atomic E-state index is -0.925. The molecule has 112 valence electrons. The third-order valence-electron chi connectivity index (χ3n) is 3.59. The molecule has 2 rings (SSSR count). The lowest BCUT2D eigenvalue weighted by Crippen LogP contribution is -2.49. The van der Waals surface area contributed by atoms with Gasteiger partial charge in [-0.15, -0.1) is 0 Å². The summed E-state index contributed by atoms with van der Waals surface area (Å²) < 4.78 is 26.2. The van der Waals surface area contributed by atoms with Crippen molar-refractivity contribution in [2.45, 2.75) is 12.5 Å². The van der Waals surface area contributed by atoms with E-state index in [0.29, 0.717) is 18.5 Å². The van der Waals surface area contributed by atoms with Crippen molar-refractivity contribution in [3.63, 3.8) is 0 Å². The van der Waals surface area contributed by atoms with Gasteiger partial charge in [0.25, 0.3) is 0 Å². The molecule has 1 saturated heterocycles. The van der Waals surface area contributed by atoms with Crippen molar-refractivity contribution in [3.05, 3.63) is 48.1 Å². The van der Waals surface area contributed by atoms with Crippen LogP contribution in [0.5, 0.6) is 0 Å². The van der Waals surface area contributed by atoms with Crippen molar-refractivity contribution in [2.24, 2.45) is 0 Å². The van der Waals surface area contributed by atoms with E-state index >= 15 is 0 Å². The maximum atomic E-state index is 13.2. The van der Waals surface area contributed by atoms with Gasteiger partial charge in [-0.2, -0.15) is 0 Å². The Morgan fingerprint density at radius 3 is 2.67 bits per heavy atom. The van der Waals surface area contributed by atoms with Crippen LogP contribution < -0.4 is 0 Å². The summed E-state index contributed by atoms with van der Waals surface area (Å²) in [6.07, 6.45) is 1.83. The average Bonchev–Trinajstić information content (AvgIpc) is 2.40. The van der Waals surface area contributed by atoms with Gasteiger partial charge in [0.1, 0.15) is 0 Å². The Morgan fingerprint density at radius 2 is 2.14 bits per heavy atom. The van der Waals surface area contributed by atoms with Gasteiger partial charge in [-0.1, -0.05) is 12.6 Å². The van der Waals surface area contributed by atoms with E-state index in [2.05, 4.69) is 6.58 Å². The van der Waals surface area contributed by atoms with Gasteiger partial charge in [0.2, 0.25) is 11.8 Å². The monoisotopic (exact) mass is 294 g/mol. The van der Waals surface area contributed by atoms with Gasteiger partial charge in [0.05, 0.1) is 12.6 Å². The van der Waals surface area contributed by atoms with Crippen molar-refractivity contribution in [2.75, 3.05) is 20.1 Å². The molecule has 1 aliphatic rings. The molecule has 1 aromatic carbocycles. The van der Waals surface area contributed by atoms with E-state index in [9.17, 15) is 18.4 Å². The fraction of sp³-hybridized carbons (Fsp3) is 0.333. The number of likely N-dealkylation sites (N-methyl/N-ethyl adjacent to an activating group) is 1. The van der Waals surface area contributed by atoms with Gasteiger partial charge in [-0.3, -0.25) is 9.59 Å². The van der Waals surface area contributed by atoms with Crippen LogP contribution in [-0.4, -0.2) is 41.8 Å². The quantitative estimate of drug-likeness (QED) is 0.796. The second kappa shape index (κ2) is 6.03. The molecule has 1 heterocycles. The molecule has 0 bridgehead atoms. The van der Waals surface area contributed by atoms with Crippen LogP contribution in [0.4, 0.5) is 8.78 Å². The summed E-state index contributed by atoms with van der Waals surface area (Å²) in [5, 5.41) is 0. The summed E-state index contributed by atoms with van der Waals surface area (Å²) >= 11 is 0. The SMILES string of the molecule is C=CC(=O)N(C)CC(=O)N1CCC1c1ccc(F)c(F)c1. The molecular formula is C15H16F2N2O2. The van der Waals surface area contributed by atoms with Crippen LogP contribution in [-0.2, 0) is 9.59 Å². The van der Waals surface area contributed by atoms with Gasteiger partial charge in [0.15, 0.2) is 11.6 Å². The zero-order valence-corrected chi connectivity index (χ0v) is 11.7. The summed E-state index contributed by atoms with van der Waals surface area (Å²) in [6.45, 7) is 3.83. The Hall–Kier alpha value is -2.24. The number of carbonyl (C=O) groups excluding carboxylic acids is 2. The van der Waals surface area contributed by atoms with E-state index in [1.54, 1.807) is 4.90 Å². The standard InChI is InChI=1S/C15H16F2N2O2/c1-3-14(20)18(2)9-15(21)19-7-6-13(19)10-4-5-11(16)12(17)8-10/h3-5,8,13H,1,6-7,9H2,2H3. The minimum absolute atomic E-state index is 0.0645. The molecule has 1 aliphatic heterocycles. The van der Waals surface area contributed by atoms with Crippen LogP contribution in [0.15, 0.2) is 30.9 Å². The second-order valence-corrected chi connectivity index (χ2v) is 4.96. The first kappa shape index (κ1) is 15.2. The molecule has 1 atom stereocenters. The summed E-state index contributed by atoms with van der Waals surface area (Å²) in [4.78, 5) is 26.3. The Bertz CT molecular complexity index is 589. The molecule has 1 aromatic rings. The zero-order valence-electron chi connectivity index (χ0n) is 11.7. The maximum Gasteiger partial charge on any atom is 0.246 e. The van der Waals surface area contributed by atoms with E-state index in [1.807, 2.05) is 0 Å². The van der Waals surface area contributed by atoms with E-state index in [0.717, 1.165) is 18.2 Å². The predicted molar refractivity (Wildman–Crippen MR) is 73.3 cm³/mol. The Balaban J connectivity index is 2.04. The molecule has 0 N–H and O–H groups in total. The number of halogens is 2. The number of hydrogen-bond acceptors (Lipinski definition) is 2. The molecule has 4 nitrogen and oxygen atoms in total. The fourth-order valence-electron chi connectivity index (χ4n) is 2.28. The fourth-order valence-corrected chi connectivity index (χ4v) is 2.28. The number of likely N-dealkylation sites (tertiary alicyclic amines) is 1.